The fourth-order valence-electron chi connectivity index (χ4n) is 0.161. The Kier molecular flexibility index (Phi) is 5.46. The SMILES string of the molecule is CC(C)=O.O=C(C(F)(F)F)C(F)(F)F. The first-order valence-electron chi connectivity index (χ1n) is 3.04. The molecule has 8 heteroatoms. The fourth-order valence-corrected chi connectivity index (χ4v) is 0.161. The molecule has 0 unspecified atom stereocenters. The number of carbonyl (C=O) groups excluding carboxylic acids is 2. The molecule has 0 heterocycles. The molecular formula is C6H6F6O2. The molecule has 0 amide bonds. The van der Waals surface area contributed by atoms with E-state index in [1.54, 1.807) is 0 Å². The van der Waals surface area contributed by atoms with Gasteiger partial charge in [0.2, 0.25) is 0 Å². The van der Waals surface area contributed by atoms with Crippen molar-refractivity contribution in [3.05, 3.63) is 0 Å². The Morgan fingerprint density at radius 1 is 0.786 bits per heavy atom. The molecule has 0 aromatic heterocycles. The maximum Gasteiger partial charge on any atom is 0.459 e. The number of carbonyl (C=O) groups is 2. The van der Waals surface area contributed by atoms with Gasteiger partial charge < -0.3 is 4.79 Å². The van der Waals surface area contributed by atoms with Gasteiger partial charge in [0.25, 0.3) is 0 Å². The fraction of sp³-hybridized carbons (Fsp3) is 0.667. The maximum atomic E-state index is 10.9. The number of alkyl halides is 6. The van der Waals surface area contributed by atoms with Crippen LogP contribution in [-0.2, 0) is 9.59 Å². The van der Waals surface area contributed by atoms with E-state index in [1.807, 2.05) is 0 Å². The van der Waals surface area contributed by atoms with Crippen LogP contribution in [0.3, 0.4) is 0 Å². The summed E-state index contributed by atoms with van der Waals surface area (Å²) < 4.78 is 65.3. The number of rotatable bonds is 0. The molecule has 0 N–H and O–H groups in total. The predicted molar refractivity (Wildman–Crippen MR) is 33.5 cm³/mol. The topological polar surface area (TPSA) is 34.1 Å². The van der Waals surface area contributed by atoms with Crippen molar-refractivity contribution < 1.29 is 35.9 Å². The molecule has 0 aromatic carbocycles. The van der Waals surface area contributed by atoms with Crippen molar-refractivity contribution in [3.63, 3.8) is 0 Å². The van der Waals surface area contributed by atoms with Gasteiger partial charge in [-0.25, -0.2) is 0 Å². The molecule has 14 heavy (non-hydrogen) atoms. The first kappa shape index (κ1) is 15.4. The highest BCUT2D eigenvalue weighted by atomic mass is 19.4. The van der Waals surface area contributed by atoms with E-state index in [0.717, 1.165) is 0 Å². The van der Waals surface area contributed by atoms with E-state index in [2.05, 4.69) is 0 Å². The highest BCUT2D eigenvalue weighted by Gasteiger charge is 2.55. The van der Waals surface area contributed by atoms with E-state index in [0.29, 0.717) is 0 Å². The maximum absolute atomic E-state index is 10.9. The van der Waals surface area contributed by atoms with Crippen molar-refractivity contribution in [2.24, 2.45) is 0 Å². The van der Waals surface area contributed by atoms with Gasteiger partial charge in [0.05, 0.1) is 0 Å². The van der Waals surface area contributed by atoms with Gasteiger partial charge in [-0.15, -0.1) is 0 Å². The smallest absolute Gasteiger partial charge is 0.300 e. The van der Waals surface area contributed by atoms with Crippen molar-refractivity contribution >= 4 is 11.6 Å². The molecule has 0 radical (unpaired) electrons. The standard InChI is InChI=1S/C3F6O.C3H6O/c4-2(5,6)1(10)3(7,8)9;1-3(2)4/h;1-2H3. The van der Waals surface area contributed by atoms with Gasteiger partial charge in [0.1, 0.15) is 5.78 Å². The Labute approximate surface area is 74.9 Å². The third-order valence-corrected chi connectivity index (χ3v) is 0.515. The van der Waals surface area contributed by atoms with Crippen LogP contribution in [0.1, 0.15) is 13.8 Å². The summed E-state index contributed by atoms with van der Waals surface area (Å²) in [7, 11) is 0. The van der Waals surface area contributed by atoms with Gasteiger partial charge in [-0.2, -0.15) is 26.3 Å². The second-order valence-electron chi connectivity index (χ2n) is 2.23. The van der Waals surface area contributed by atoms with Crippen LogP contribution in [0.5, 0.6) is 0 Å². The van der Waals surface area contributed by atoms with E-state index < -0.39 is 18.1 Å². The van der Waals surface area contributed by atoms with Crippen LogP contribution < -0.4 is 0 Å². The van der Waals surface area contributed by atoms with Gasteiger partial charge in [0.15, 0.2) is 0 Å². The molecule has 0 aromatic rings. The normalized spacial score (nSPS) is 11.4. The molecular weight excluding hydrogens is 218 g/mol. The van der Waals surface area contributed by atoms with Crippen LogP contribution in [0.4, 0.5) is 26.3 Å². The van der Waals surface area contributed by atoms with Gasteiger partial charge >= 0.3 is 18.1 Å². The van der Waals surface area contributed by atoms with Crippen LogP contribution in [-0.4, -0.2) is 23.9 Å². The molecule has 0 aliphatic carbocycles. The molecule has 0 fully saturated rings. The minimum atomic E-state index is -5.82. The van der Waals surface area contributed by atoms with Gasteiger partial charge in [-0.3, -0.25) is 4.79 Å². The van der Waals surface area contributed by atoms with E-state index in [1.165, 1.54) is 13.8 Å². The molecule has 0 saturated heterocycles. The first-order chi connectivity index (χ1) is 5.89. The second-order valence-corrected chi connectivity index (χ2v) is 2.23. The van der Waals surface area contributed by atoms with Crippen LogP contribution >= 0.6 is 0 Å². The summed E-state index contributed by atoms with van der Waals surface area (Å²) in [6, 6.07) is 0. The number of ketones is 2. The quantitative estimate of drug-likeness (QED) is 0.591. The highest BCUT2D eigenvalue weighted by molar-refractivity contribution is 5.89. The van der Waals surface area contributed by atoms with Crippen LogP contribution in [0, 0.1) is 0 Å². The third-order valence-electron chi connectivity index (χ3n) is 0.515. The zero-order valence-corrected chi connectivity index (χ0v) is 7.08. The lowest BCUT2D eigenvalue weighted by Gasteiger charge is -2.06. The lowest BCUT2D eigenvalue weighted by Crippen LogP contribution is -2.36. The molecule has 2 nitrogen and oxygen atoms in total. The van der Waals surface area contributed by atoms with Crippen LogP contribution in [0.25, 0.3) is 0 Å². The molecule has 0 spiro atoms. The number of Topliss-reactive ketones (excluding diaryl/α,β-unsaturated/α-hetero) is 2. The van der Waals surface area contributed by atoms with Gasteiger partial charge in [-0.05, 0) is 13.8 Å². The Balaban J connectivity index is 0. The summed E-state index contributed by atoms with van der Waals surface area (Å²) in [5.41, 5.74) is 0. The summed E-state index contributed by atoms with van der Waals surface area (Å²) in [4.78, 5) is 18.7. The Bertz CT molecular complexity index is 193. The zero-order chi connectivity index (χ0) is 12.2. The highest BCUT2D eigenvalue weighted by Crippen LogP contribution is 2.28. The van der Waals surface area contributed by atoms with Crippen molar-refractivity contribution in [1.29, 1.82) is 0 Å². The average molecular weight is 224 g/mol. The van der Waals surface area contributed by atoms with Crippen LogP contribution in [0.2, 0.25) is 0 Å². The molecule has 0 saturated carbocycles. The summed E-state index contributed by atoms with van der Waals surface area (Å²) >= 11 is 0. The summed E-state index contributed by atoms with van der Waals surface area (Å²) in [6.45, 7) is 3.06. The average Bonchev–Trinajstić information content (AvgIpc) is 1.80. The summed E-state index contributed by atoms with van der Waals surface area (Å²) in [6.07, 6.45) is -11.6. The van der Waals surface area contributed by atoms with Crippen molar-refractivity contribution in [2.75, 3.05) is 0 Å². The molecule has 0 bridgehead atoms. The Morgan fingerprint density at radius 3 is 0.929 bits per heavy atom. The van der Waals surface area contributed by atoms with E-state index in [-0.39, 0.29) is 5.78 Å². The number of hydrogen-bond acceptors (Lipinski definition) is 2. The van der Waals surface area contributed by atoms with Gasteiger partial charge in [-0.1, -0.05) is 0 Å². The Hall–Kier alpha value is -1.08. The predicted octanol–water partition coefficient (Wildman–Crippen LogP) is 2.28. The second kappa shape index (κ2) is 4.97. The third kappa shape index (κ3) is 9.01. The molecule has 84 valence electrons. The minimum absolute atomic E-state index is 0.167. The van der Waals surface area contributed by atoms with Crippen molar-refractivity contribution in [3.8, 4) is 0 Å². The minimum Gasteiger partial charge on any atom is -0.300 e. The molecule has 0 atom stereocenters. The van der Waals surface area contributed by atoms with Crippen molar-refractivity contribution in [2.45, 2.75) is 26.2 Å². The lowest BCUT2D eigenvalue weighted by atomic mass is 10.4. The molecule has 0 aliphatic rings. The van der Waals surface area contributed by atoms with Gasteiger partial charge in [0, 0.05) is 0 Å². The van der Waals surface area contributed by atoms with E-state index in [4.69, 9.17) is 0 Å². The zero-order valence-electron chi connectivity index (χ0n) is 7.08. The summed E-state index contributed by atoms with van der Waals surface area (Å²) in [5.74, 6) is -3.51. The van der Waals surface area contributed by atoms with Crippen molar-refractivity contribution in [1.82, 2.24) is 0 Å². The molecule has 0 aliphatic heterocycles. The van der Waals surface area contributed by atoms with E-state index in [9.17, 15) is 35.9 Å². The number of halogens is 6. The first-order valence-corrected chi connectivity index (χ1v) is 3.04. The largest absolute Gasteiger partial charge is 0.459 e. The number of hydrogen-bond donors (Lipinski definition) is 0. The summed E-state index contributed by atoms with van der Waals surface area (Å²) in [5, 5.41) is 0. The monoisotopic (exact) mass is 224 g/mol. The lowest BCUT2D eigenvalue weighted by molar-refractivity contribution is -0.217. The Morgan fingerprint density at radius 2 is 0.929 bits per heavy atom. The van der Waals surface area contributed by atoms with Crippen LogP contribution in [0.15, 0.2) is 0 Å². The molecule has 0 rings (SSSR count). The van der Waals surface area contributed by atoms with E-state index >= 15 is 0 Å².